The maximum Gasteiger partial charge on any atom is 0.405 e. The molecule has 0 saturated heterocycles. The van der Waals surface area contributed by atoms with E-state index in [0.29, 0.717) is 12.3 Å². The van der Waals surface area contributed by atoms with E-state index >= 15 is 0 Å². The van der Waals surface area contributed by atoms with Crippen molar-refractivity contribution in [1.82, 2.24) is 4.72 Å². The van der Waals surface area contributed by atoms with Crippen LogP contribution in [0, 0.1) is 5.92 Å². The first-order valence-corrected chi connectivity index (χ1v) is 9.63. The van der Waals surface area contributed by atoms with E-state index in [4.69, 9.17) is 5.73 Å². The van der Waals surface area contributed by atoms with Gasteiger partial charge < -0.3 is 10.5 Å². The van der Waals surface area contributed by atoms with Gasteiger partial charge in [0.05, 0.1) is 0 Å². The second kappa shape index (κ2) is 12.2. The molecule has 6 heteroatoms. The van der Waals surface area contributed by atoms with E-state index in [-0.39, 0.29) is 5.91 Å². The van der Waals surface area contributed by atoms with E-state index in [1.807, 2.05) is 18.2 Å². The molecule has 2 amide bonds. The van der Waals surface area contributed by atoms with Crippen LogP contribution in [0.15, 0.2) is 36.3 Å². The second-order valence-corrected chi connectivity index (χ2v) is 8.17. The van der Waals surface area contributed by atoms with Crippen molar-refractivity contribution >= 4 is 36.1 Å². The summed E-state index contributed by atoms with van der Waals surface area (Å²) in [6.07, 6.45) is 4.36. The molecule has 0 atom stereocenters. The number of primary amides is 1. The molecular formula is C21H32N2O3S. The molecule has 5 nitrogen and oxygen atoms in total. The van der Waals surface area contributed by atoms with Gasteiger partial charge in [-0.2, -0.15) is 0 Å². The number of nitrogens with one attached hydrogen (secondary N) is 1. The predicted octanol–water partition coefficient (Wildman–Crippen LogP) is 5.41. The third-order valence-electron chi connectivity index (χ3n) is 3.14. The molecule has 0 fully saturated rings. The highest BCUT2D eigenvalue weighted by atomic mass is 32.2. The number of hydrogen-bond acceptors (Lipinski definition) is 4. The zero-order chi connectivity index (χ0) is 21.0. The van der Waals surface area contributed by atoms with E-state index in [9.17, 15) is 9.59 Å². The first kappa shape index (κ1) is 24.8. The van der Waals surface area contributed by atoms with Crippen molar-refractivity contribution in [3.8, 4) is 0 Å². The third kappa shape index (κ3) is 12.7. The van der Waals surface area contributed by atoms with E-state index in [1.54, 1.807) is 32.9 Å². The van der Waals surface area contributed by atoms with Gasteiger partial charge in [-0.15, -0.1) is 0 Å². The molecule has 1 rings (SSSR count). The molecule has 1 aromatic carbocycles. The Hall–Kier alpha value is -2.21. The van der Waals surface area contributed by atoms with Gasteiger partial charge in [0.1, 0.15) is 5.60 Å². The summed E-state index contributed by atoms with van der Waals surface area (Å²) in [6, 6.07) is 5.95. The lowest BCUT2D eigenvalue weighted by molar-refractivity contribution is -0.119. The maximum atomic E-state index is 11.6. The fourth-order valence-corrected chi connectivity index (χ4v) is 2.52. The molecular weight excluding hydrogens is 360 g/mol. The van der Waals surface area contributed by atoms with Gasteiger partial charge in [0.2, 0.25) is 5.91 Å². The average Bonchev–Trinajstić information content (AvgIpc) is 2.56. The topological polar surface area (TPSA) is 81.4 Å². The minimum atomic E-state index is -0.725. The van der Waals surface area contributed by atoms with Crippen LogP contribution in [0.3, 0.4) is 0 Å². The molecule has 0 bridgehead atoms. The van der Waals surface area contributed by atoms with Gasteiger partial charge in [0, 0.05) is 11.3 Å². The number of carbonyl (C=O) groups is 2. The van der Waals surface area contributed by atoms with Crippen molar-refractivity contribution in [3.63, 3.8) is 0 Å². The van der Waals surface area contributed by atoms with Gasteiger partial charge >= 0.3 is 6.09 Å². The van der Waals surface area contributed by atoms with E-state index in [1.165, 1.54) is 11.9 Å². The number of carbonyl (C=O) groups excluding carboxylic acids is 2. The predicted molar refractivity (Wildman–Crippen MR) is 115 cm³/mol. The summed E-state index contributed by atoms with van der Waals surface area (Å²) in [4.78, 5) is 22.6. The number of rotatable bonds is 7. The summed E-state index contributed by atoms with van der Waals surface area (Å²) in [6.45, 7) is 17.1. The first-order valence-electron chi connectivity index (χ1n) is 8.81. The Morgan fingerprint density at radius 2 is 1.81 bits per heavy atom. The van der Waals surface area contributed by atoms with Gasteiger partial charge in [-0.3, -0.25) is 9.52 Å². The van der Waals surface area contributed by atoms with E-state index < -0.39 is 11.7 Å². The normalized spacial score (nSPS) is 10.4. The molecule has 27 heavy (non-hydrogen) atoms. The Morgan fingerprint density at radius 3 is 2.22 bits per heavy atom. The van der Waals surface area contributed by atoms with Crippen LogP contribution in [0.4, 0.5) is 4.79 Å². The smallest absolute Gasteiger partial charge is 0.405 e. The summed E-state index contributed by atoms with van der Waals surface area (Å²) < 4.78 is 7.44. The molecule has 0 aliphatic rings. The van der Waals surface area contributed by atoms with Crippen molar-refractivity contribution in [1.29, 1.82) is 0 Å². The quantitative estimate of drug-likeness (QED) is 0.608. The average molecular weight is 393 g/mol. The molecule has 0 heterocycles. The molecule has 0 unspecified atom stereocenters. The Morgan fingerprint density at radius 1 is 1.22 bits per heavy atom. The molecule has 0 saturated carbocycles. The Kier molecular flexibility index (Phi) is 11.2. The van der Waals surface area contributed by atoms with Crippen LogP contribution in [0.2, 0.25) is 0 Å². The third-order valence-corrected chi connectivity index (χ3v) is 3.96. The van der Waals surface area contributed by atoms with Crippen LogP contribution in [-0.4, -0.2) is 17.6 Å². The van der Waals surface area contributed by atoms with Gasteiger partial charge in [0.15, 0.2) is 0 Å². The Labute approximate surface area is 167 Å². The largest absolute Gasteiger partial charge is 0.444 e. The van der Waals surface area contributed by atoms with Crippen molar-refractivity contribution in [2.75, 3.05) is 0 Å². The van der Waals surface area contributed by atoms with Gasteiger partial charge in [-0.1, -0.05) is 45.2 Å². The highest BCUT2D eigenvalue weighted by Crippen LogP contribution is 2.21. The summed E-state index contributed by atoms with van der Waals surface area (Å²) in [5.41, 5.74) is 6.34. The van der Waals surface area contributed by atoms with Crippen molar-refractivity contribution < 1.29 is 14.3 Å². The Balaban J connectivity index is 0.000000713. The monoisotopic (exact) mass is 392 g/mol. The fourth-order valence-electron chi connectivity index (χ4n) is 1.87. The van der Waals surface area contributed by atoms with Gasteiger partial charge in [-0.05, 0) is 68.3 Å². The lowest BCUT2D eigenvalue weighted by Crippen LogP contribution is -2.27. The van der Waals surface area contributed by atoms with Crippen LogP contribution < -0.4 is 10.5 Å². The van der Waals surface area contributed by atoms with E-state index in [0.717, 1.165) is 22.4 Å². The van der Waals surface area contributed by atoms with Crippen LogP contribution in [0.5, 0.6) is 0 Å². The number of amides is 2. The van der Waals surface area contributed by atoms with Crippen LogP contribution in [0.1, 0.15) is 58.6 Å². The fraction of sp³-hybridized carbons (Fsp3) is 0.429. The van der Waals surface area contributed by atoms with Crippen molar-refractivity contribution in [2.45, 2.75) is 58.0 Å². The highest BCUT2D eigenvalue weighted by molar-refractivity contribution is 7.98. The molecule has 0 aliphatic carbocycles. The number of benzene rings is 1. The molecule has 0 aliphatic heterocycles. The van der Waals surface area contributed by atoms with Crippen LogP contribution in [0.25, 0.3) is 12.2 Å². The van der Waals surface area contributed by atoms with Gasteiger partial charge in [-0.25, -0.2) is 4.79 Å². The minimum absolute atomic E-state index is 0.0756. The molecule has 0 spiro atoms. The standard InChI is InChI=1S/C16H21NOS.C5H11NO2/c1-5-13-8-9-15(11-14(13)6-2)19-17-16(18)10-7-12(3)4;1-5(2,3)8-4(6)7/h5-6,8-9,11-12H,1-2,7,10H2,3-4H3,(H,17,18);1-3H3,(H2,6,7). The zero-order valence-electron chi connectivity index (χ0n) is 17.0. The van der Waals surface area contributed by atoms with E-state index in [2.05, 4.69) is 36.5 Å². The first-order chi connectivity index (χ1) is 12.5. The molecule has 150 valence electrons. The number of nitrogens with two attached hydrogens (primary N) is 1. The van der Waals surface area contributed by atoms with Crippen LogP contribution >= 0.6 is 11.9 Å². The number of hydrogen-bond donors (Lipinski definition) is 2. The lowest BCUT2D eigenvalue weighted by Gasteiger charge is -2.16. The summed E-state index contributed by atoms with van der Waals surface area (Å²) >= 11 is 1.35. The highest BCUT2D eigenvalue weighted by Gasteiger charge is 2.12. The summed E-state index contributed by atoms with van der Waals surface area (Å²) in [7, 11) is 0. The minimum Gasteiger partial charge on any atom is -0.444 e. The molecule has 0 radical (unpaired) electrons. The molecule has 3 N–H and O–H groups in total. The van der Waals surface area contributed by atoms with Crippen molar-refractivity contribution in [3.05, 3.63) is 42.5 Å². The number of ether oxygens (including phenoxy) is 1. The lowest BCUT2D eigenvalue weighted by atomic mass is 10.1. The second-order valence-electron chi connectivity index (χ2n) is 7.29. The summed E-state index contributed by atoms with van der Waals surface area (Å²) in [5, 5.41) is 0. The summed E-state index contributed by atoms with van der Waals surface area (Å²) in [5.74, 6) is 0.627. The van der Waals surface area contributed by atoms with Gasteiger partial charge in [0.25, 0.3) is 0 Å². The van der Waals surface area contributed by atoms with Crippen LogP contribution in [-0.2, 0) is 9.53 Å². The molecule has 1 aromatic rings. The van der Waals surface area contributed by atoms with Crippen molar-refractivity contribution in [2.24, 2.45) is 11.7 Å². The zero-order valence-corrected chi connectivity index (χ0v) is 17.8. The maximum absolute atomic E-state index is 11.6. The SMILES string of the molecule is C=Cc1ccc(SNC(=O)CCC(C)C)cc1C=C.CC(C)(C)OC(N)=O. The molecule has 0 aromatic heterocycles. The Bertz CT molecular complexity index is 649.